The van der Waals surface area contributed by atoms with Crippen LogP contribution in [0.25, 0.3) is 0 Å². The van der Waals surface area contributed by atoms with Gasteiger partial charge in [-0.05, 0) is 48.6 Å². The van der Waals surface area contributed by atoms with Crippen molar-refractivity contribution in [1.82, 2.24) is 5.32 Å². The van der Waals surface area contributed by atoms with E-state index in [0.29, 0.717) is 17.5 Å². The summed E-state index contributed by atoms with van der Waals surface area (Å²) < 4.78 is 32.2. The van der Waals surface area contributed by atoms with Crippen molar-refractivity contribution < 1.29 is 22.7 Å². The first-order valence-electron chi connectivity index (χ1n) is 10.8. The number of carbonyl (C=O) groups is 2. The Morgan fingerprint density at radius 1 is 1.06 bits per heavy atom. The second-order valence-electron chi connectivity index (χ2n) is 8.35. The van der Waals surface area contributed by atoms with E-state index in [2.05, 4.69) is 19.2 Å². The van der Waals surface area contributed by atoms with Crippen molar-refractivity contribution in [3.05, 3.63) is 60.2 Å². The molecule has 0 aliphatic heterocycles. The highest BCUT2D eigenvalue weighted by Gasteiger charge is 2.28. The van der Waals surface area contributed by atoms with Crippen LogP contribution in [0.2, 0.25) is 0 Å². The summed E-state index contributed by atoms with van der Waals surface area (Å²) >= 11 is 0. The van der Waals surface area contributed by atoms with Gasteiger partial charge in [-0.2, -0.15) is 0 Å². The molecule has 3 atom stereocenters. The Kier molecular flexibility index (Phi) is 7.56. The molecule has 0 aromatic heterocycles. The molecule has 2 aromatic rings. The van der Waals surface area contributed by atoms with Gasteiger partial charge in [-0.15, -0.1) is 0 Å². The summed E-state index contributed by atoms with van der Waals surface area (Å²) in [6.45, 7) is 3.90. The number of nitrogens with zero attached hydrogens (tertiary/aromatic N) is 1. The van der Waals surface area contributed by atoms with Crippen LogP contribution in [0.5, 0.6) is 0 Å². The Labute approximate surface area is 189 Å². The van der Waals surface area contributed by atoms with E-state index < -0.39 is 22.6 Å². The SMILES string of the molecule is CC1CCCC(NC(=O)COC(=O)c2cccc(S(=O)(=O)N(C)c3ccccc3)c2)C1C. The fraction of sp³-hybridized carbons (Fsp3) is 0.417. The molecule has 1 aliphatic rings. The van der Waals surface area contributed by atoms with E-state index in [1.54, 1.807) is 30.3 Å². The van der Waals surface area contributed by atoms with Crippen molar-refractivity contribution in [2.45, 2.75) is 44.0 Å². The molecule has 1 aliphatic carbocycles. The second-order valence-corrected chi connectivity index (χ2v) is 10.3. The van der Waals surface area contributed by atoms with E-state index in [1.807, 2.05) is 0 Å². The molecule has 32 heavy (non-hydrogen) atoms. The minimum atomic E-state index is -3.86. The Bertz CT molecular complexity index is 1060. The van der Waals surface area contributed by atoms with Crippen LogP contribution in [0.15, 0.2) is 59.5 Å². The minimum Gasteiger partial charge on any atom is -0.452 e. The van der Waals surface area contributed by atoms with Gasteiger partial charge in [0.05, 0.1) is 16.1 Å². The second kappa shape index (κ2) is 10.2. The van der Waals surface area contributed by atoms with E-state index in [0.717, 1.165) is 23.6 Å². The molecule has 2 aromatic carbocycles. The molecule has 0 radical (unpaired) electrons. The fourth-order valence-corrected chi connectivity index (χ4v) is 5.21. The first kappa shape index (κ1) is 23.8. The molecule has 1 saturated carbocycles. The maximum absolute atomic E-state index is 13.0. The molecule has 0 heterocycles. The molecular weight excluding hydrogens is 428 g/mol. The number of carbonyl (C=O) groups excluding carboxylic acids is 2. The lowest BCUT2D eigenvalue weighted by molar-refractivity contribution is -0.125. The van der Waals surface area contributed by atoms with Crippen molar-refractivity contribution in [1.29, 1.82) is 0 Å². The number of sulfonamides is 1. The summed E-state index contributed by atoms with van der Waals surface area (Å²) in [6, 6.07) is 14.4. The Morgan fingerprint density at radius 3 is 2.50 bits per heavy atom. The Morgan fingerprint density at radius 2 is 1.78 bits per heavy atom. The predicted octanol–water partition coefficient (Wildman–Crippen LogP) is 3.61. The van der Waals surface area contributed by atoms with Gasteiger partial charge in [-0.1, -0.05) is 51.0 Å². The standard InChI is InChI=1S/C24H30N2O5S/c1-17-9-7-14-22(18(17)2)25-23(27)16-31-24(28)19-10-8-13-21(15-19)32(29,30)26(3)20-11-5-4-6-12-20/h4-6,8,10-13,15,17-18,22H,7,9,14,16H2,1-3H3,(H,25,27). The quantitative estimate of drug-likeness (QED) is 0.640. The minimum absolute atomic E-state index is 0.0345. The fourth-order valence-electron chi connectivity index (χ4n) is 3.97. The number of anilines is 1. The van der Waals surface area contributed by atoms with Gasteiger partial charge in [-0.3, -0.25) is 9.10 Å². The van der Waals surface area contributed by atoms with Crippen LogP contribution >= 0.6 is 0 Å². The number of benzene rings is 2. The van der Waals surface area contributed by atoms with Crippen LogP contribution in [0.4, 0.5) is 5.69 Å². The molecule has 172 valence electrons. The number of nitrogens with one attached hydrogen (secondary N) is 1. The van der Waals surface area contributed by atoms with E-state index >= 15 is 0 Å². The highest BCUT2D eigenvalue weighted by molar-refractivity contribution is 7.92. The maximum Gasteiger partial charge on any atom is 0.338 e. The number of ether oxygens (including phenoxy) is 1. The molecule has 1 fully saturated rings. The summed E-state index contributed by atoms with van der Waals surface area (Å²) in [4.78, 5) is 24.7. The van der Waals surface area contributed by atoms with E-state index in [-0.39, 0.29) is 22.4 Å². The predicted molar refractivity (Wildman–Crippen MR) is 123 cm³/mol. The van der Waals surface area contributed by atoms with Gasteiger partial charge < -0.3 is 10.1 Å². The van der Waals surface area contributed by atoms with Gasteiger partial charge in [-0.25, -0.2) is 13.2 Å². The number of hydrogen-bond donors (Lipinski definition) is 1. The van der Waals surface area contributed by atoms with Gasteiger partial charge in [0.1, 0.15) is 0 Å². The van der Waals surface area contributed by atoms with Crippen molar-refractivity contribution in [3.63, 3.8) is 0 Å². The third kappa shape index (κ3) is 5.48. The third-order valence-electron chi connectivity index (χ3n) is 6.24. The first-order chi connectivity index (χ1) is 15.2. The molecule has 7 nitrogen and oxygen atoms in total. The Balaban J connectivity index is 1.63. The van der Waals surface area contributed by atoms with Crippen LogP contribution in [-0.4, -0.2) is 40.0 Å². The monoisotopic (exact) mass is 458 g/mol. The van der Waals surface area contributed by atoms with Crippen molar-refractivity contribution in [3.8, 4) is 0 Å². The average Bonchev–Trinajstić information content (AvgIpc) is 2.80. The average molecular weight is 459 g/mol. The highest BCUT2D eigenvalue weighted by atomic mass is 32.2. The van der Waals surface area contributed by atoms with Gasteiger partial charge in [0.25, 0.3) is 15.9 Å². The zero-order valence-corrected chi connectivity index (χ0v) is 19.5. The third-order valence-corrected chi connectivity index (χ3v) is 8.02. The Hall–Kier alpha value is -2.87. The number of para-hydroxylation sites is 1. The van der Waals surface area contributed by atoms with Crippen LogP contribution in [-0.2, 0) is 19.6 Å². The molecule has 3 rings (SSSR count). The zero-order chi connectivity index (χ0) is 23.3. The van der Waals surface area contributed by atoms with Gasteiger partial charge in [0, 0.05) is 13.1 Å². The van der Waals surface area contributed by atoms with Gasteiger partial charge in [0.15, 0.2) is 6.61 Å². The number of rotatable bonds is 7. The highest BCUT2D eigenvalue weighted by Crippen LogP contribution is 2.29. The normalized spacial score (nSPS) is 20.9. The molecule has 1 amide bonds. The lowest BCUT2D eigenvalue weighted by Gasteiger charge is -2.34. The molecule has 0 spiro atoms. The molecule has 1 N–H and O–H groups in total. The topological polar surface area (TPSA) is 92.8 Å². The number of amides is 1. The number of hydrogen-bond acceptors (Lipinski definition) is 5. The summed E-state index contributed by atoms with van der Waals surface area (Å²) in [6.07, 6.45) is 3.14. The van der Waals surface area contributed by atoms with Crippen molar-refractivity contribution >= 4 is 27.6 Å². The van der Waals surface area contributed by atoms with Crippen molar-refractivity contribution in [2.24, 2.45) is 11.8 Å². The smallest absolute Gasteiger partial charge is 0.338 e. The molecule has 0 bridgehead atoms. The van der Waals surface area contributed by atoms with Crippen LogP contribution < -0.4 is 9.62 Å². The van der Waals surface area contributed by atoms with Crippen LogP contribution in [0.3, 0.4) is 0 Å². The largest absolute Gasteiger partial charge is 0.452 e. The lowest BCUT2D eigenvalue weighted by Crippen LogP contribution is -2.45. The van der Waals surface area contributed by atoms with Crippen LogP contribution in [0.1, 0.15) is 43.5 Å². The summed E-state index contributed by atoms with van der Waals surface area (Å²) in [5.74, 6) is -0.191. The summed E-state index contributed by atoms with van der Waals surface area (Å²) in [5, 5.41) is 2.96. The van der Waals surface area contributed by atoms with E-state index in [9.17, 15) is 18.0 Å². The molecular formula is C24H30N2O5S. The summed E-state index contributed by atoms with van der Waals surface area (Å²) in [7, 11) is -2.41. The van der Waals surface area contributed by atoms with Crippen molar-refractivity contribution in [2.75, 3.05) is 18.0 Å². The zero-order valence-electron chi connectivity index (χ0n) is 18.7. The summed E-state index contributed by atoms with van der Waals surface area (Å²) in [5.41, 5.74) is 0.573. The van der Waals surface area contributed by atoms with E-state index in [1.165, 1.54) is 31.3 Å². The van der Waals surface area contributed by atoms with Crippen LogP contribution in [0, 0.1) is 11.8 Å². The molecule has 0 saturated heterocycles. The maximum atomic E-state index is 13.0. The van der Waals surface area contributed by atoms with E-state index in [4.69, 9.17) is 4.74 Å². The molecule has 3 unspecified atom stereocenters. The number of esters is 1. The van der Waals surface area contributed by atoms with Gasteiger partial charge in [0.2, 0.25) is 0 Å². The first-order valence-corrected chi connectivity index (χ1v) is 12.2. The van der Waals surface area contributed by atoms with Gasteiger partial charge >= 0.3 is 5.97 Å². The lowest BCUT2D eigenvalue weighted by atomic mass is 9.78. The molecule has 8 heteroatoms.